The lowest BCUT2D eigenvalue weighted by molar-refractivity contribution is 0.705. The topological polar surface area (TPSA) is 12.0 Å². The van der Waals surface area contributed by atoms with Crippen LogP contribution in [0.2, 0.25) is 0 Å². The van der Waals surface area contributed by atoms with Crippen LogP contribution in [0.15, 0.2) is 49.1 Å². The highest BCUT2D eigenvalue weighted by atomic mass is 14.9. The molecule has 0 fully saturated rings. The van der Waals surface area contributed by atoms with Gasteiger partial charge in [-0.1, -0.05) is 43.5 Å². The Balaban J connectivity index is 4.42. The molecule has 66 valence electrons. The van der Waals surface area contributed by atoms with Gasteiger partial charge in [-0.25, -0.2) is 0 Å². The molecule has 0 spiro atoms. The summed E-state index contributed by atoms with van der Waals surface area (Å²) in [4.78, 5) is 0. The molecule has 0 bridgehead atoms. The predicted octanol–water partition coefficient (Wildman–Crippen LogP) is 2.45. The molecule has 0 aromatic heterocycles. The predicted molar refractivity (Wildman–Crippen MR) is 56.1 cm³/mol. The average molecular weight is 163 g/mol. The molecule has 0 saturated carbocycles. The van der Waals surface area contributed by atoms with Crippen molar-refractivity contribution in [3.63, 3.8) is 0 Å². The summed E-state index contributed by atoms with van der Waals surface area (Å²) < 4.78 is 0. The number of rotatable bonds is 5. The van der Waals surface area contributed by atoms with E-state index in [4.69, 9.17) is 0 Å². The molecule has 1 nitrogen and oxygen atoms in total. The molecule has 0 aliphatic heterocycles. The van der Waals surface area contributed by atoms with E-state index in [1.165, 1.54) is 5.57 Å². The second-order valence-corrected chi connectivity index (χ2v) is 2.51. The lowest BCUT2D eigenvalue weighted by Crippen LogP contribution is -2.22. The summed E-state index contributed by atoms with van der Waals surface area (Å²) in [5.41, 5.74) is 1.20. The SMILES string of the molecule is C=C/C=C/C(=C\C=C)C(C)NC. The van der Waals surface area contributed by atoms with Crippen LogP contribution in [0, 0.1) is 0 Å². The fourth-order valence-electron chi connectivity index (χ4n) is 0.826. The van der Waals surface area contributed by atoms with Gasteiger partial charge >= 0.3 is 0 Å². The number of hydrogen-bond donors (Lipinski definition) is 1. The minimum Gasteiger partial charge on any atom is -0.313 e. The summed E-state index contributed by atoms with van der Waals surface area (Å²) in [6, 6.07) is 0.346. The Kier molecular flexibility index (Phi) is 6.02. The van der Waals surface area contributed by atoms with Gasteiger partial charge < -0.3 is 5.32 Å². The molecular weight excluding hydrogens is 146 g/mol. The van der Waals surface area contributed by atoms with Crippen LogP contribution in [0.5, 0.6) is 0 Å². The molecular formula is C11H17N. The quantitative estimate of drug-likeness (QED) is 0.614. The smallest absolute Gasteiger partial charge is 0.0289 e. The van der Waals surface area contributed by atoms with E-state index in [9.17, 15) is 0 Å². The van der Waals surface area contributed by atoms with Crippen molar-refractivity contribution in [2.75, 3.05) is 7.05 Å². The van der Waals surface area contributed by atoms with E-state index in [0.717, 1.165) is 0 Å². The monoisotopic (exact) mass is 163 g/mol. The summed E-state index contributed by atoms with van der Waals surface area (Å²) in [5, 5.41) is 3.16. The first-order chi connectivity index (χ1) is 5.76. The maximum atomic E-state index is 3.66. The van der Waals surface area contributed by atoms with Crippen LogP contribution in [0.25, 0.3) is 0 Å². The second-order valence-electron chi connectivity index (χ2n) is 2.51. The van der Waals surface area contributed by atoms with Gasteiger partial charge in [0, 0.05) is 6.04 Å². The molecule has 0 aliphatic carbocycles. The van der Waals surface area contributed by atoms with Gasteiger partial charge in [0.1, 0.15) is 0 Å². The van der Waals surface area contributed by atoms with Crippen molar-refractivity contribution in [3.05, 3.63) is 49.1 Å². The zero-order valence-corrected chi connectivity index (χ0v) is 7.88. The van der Waals surface area contributed by atoms with E-state index < -0.39 is 0 Å². The Morgan fingerprint density at radius 2 is 2.00 bits per heavy atom. The summed E-state index contributed by atoms with van der Waals surface area (Å²) >= 11 is 0. The minimum atomic E-state index is 0.346. The molecule has 0 aromatic carbocycles. The Hall–Kier alpha value is -1.08. The van der Waals surface area contributed by atoms with Crippen molar-refractivity contribution < 1.29 is 0 Å². The Bertz CT molecular complexity index is 199. The molecule has 1 atom stereocenters. The van der Waals surface area contributed by atoms with Crippen molar-refractivity contribution in [3.8, 4) is 0 Å². The van der Waals surface area contributed by atoms with E-state index in [1.807, 2.05) is 25.3 Å². The molecule has 12 heavy (non-hydrogen) atoms. The molecule has 0 saturated heterocycles. The third kappa shape index (κ3) is 3.94. The van der Waals surface area contributed by atoms with Gasteiger partial charge in [-0.2, -0.15) is 0 Å². The Morgan fingerprint density at radius 1 is 1.33 bits per heavy atom. The molecule has 0 heterocycles. The lowest BCUT2D eigenvalue weighted by Gasteiger charge is -2.10. The van der Waals surface area contributed by atoms with Gasteiger partial charge in [0.2, 0.25) is 0 Å². The first kappa shape index (κ1) is 10.9. The first-order valence-electron chi connectivity index (χ1n) is 4.05. The van der Waals surface area contributed by atoms with Gasteiger partial charge in [0.15, 0.2) is 0 Å². The summed E-state index contributed by atoms with van der Waals surface area (Å²) in [6.07, 6.45) is 9.48. The van der Waals surface area contributed by atoms with E-state index in [2.05, 4.69) is 25.4 Å². The average Bonchev–Trinajstić information content (AvgIpc) is 2.11. The highest BCUT2D eigenvalue weighted by Gasteiger charge is 1.99. The van der Waals surface area contributed by atoms with Crippen molar-refractivity contribution in [1.82, 2.24) is 5.32 Å². The highest BCUT2D eigenvalue weighted by molar-refractivity contribution is 5.29. The van der Waals surface area contributed by atoms with Crippen molar-refractivity contribution >= 4 is 0 Å². The van der Waals surface area contributed by atoms with Crippen LogP contribution >= 0.6 is 0 Å². The third-order valence-electron chi connectivity index (χ3n) is 1.67. The summed E-state index contributed by atoms with van der Waals surface area (Å²) in [5.74, 6) is 0. The van der Waals surface area contributed by atoms with Gasteiger partial charge in [-0.05, 0) is 19.5 Å². The van der Waals surface area contributed by atoms with Crippen LogP contribution < -0.4 is 5.32 Å². The number of likely N-dealkylation sites (N-methyl/N-ethyl adjacent to an activating group) is 1. The van der Waals surface area contributed by atoms with E-state index in [-0.39, 0.29) is 0 Å². The van der Waals surface area contributed by atoms with Gasteiger partial charge in [0.05, 0.1) is 0 Å². The fraction of sp³-hybridized carbons (Fsp3) is 0.273. The molecule has 0 aliphatic rings. The molecule has 0 rings (SSSR count). The molecule has 1 N–H and O–H groups in total. The zero-order chi connectivity index (χ0) is 9.40. The Morgan fingerprint density at radius 3 is 2.42 bits per heavy atom. The molecule has 0 radical (unpaired) electrons. The van der Waals surface area contributed by atoms with Crippen LogP contribution in [0.4, 0.5) is 0 Å². The summed E-state index contributed by atoms with van der Waals surface area (Å²) in [6.45, 7) is 9.38. The van der Waals surface area contributed by atoms with Crippen molar-refractivity contribution in [2.24, 2.45) is 0 Å². The van der Waals surface area contributed by atoms with Crippen LogP contribution in [0.1, 0.15) is 6.92 Å². The van der Waals surface area contributed by atoms with Crippen LogP contribution in [0.3, 0.4) is 0 Å². The van der Waals surface area contributed by atoms with E-state index >= 15 is 0 Å². The summed E-state index contributed by atoms with van der Waals surface area (Å²) in [7, 11) is 1.93. The molecule has 1 heteroatoms. The van der Waals surface area contributed by atoms with Crippen LogP contribution in [-0.4, -0.2) is 13.1 Å². The first-order valence-corrected chi connectivity index (χ1v) is 4.05. The van der Waals surface area contributed by atoms with Crippen molar-refractivity contribution in [1.29, 1.82) is 0 Å². The minimum absolute atomic E-state index is 0.346. The third-order valence-corrected chi connectivity index (χ3v) is 1.67. The number of nitrogens with one attached hydrogen (secondary N) is 1. The molecule has 0 aromatic rings. The zero-order valence-electron chi connectivity index (χ0n) is 7.88. The molecule has 1 unspecified atom stereocenters. The number of hydrogen-bond acceptors (Lipinski definition) is 1. The van der Waals surface area contributed by atoms with E-state index in [0.29, 0.717) is 6.04 Å². The largest absolute Gasteiger partial charge is 0.313 e. The van der Waals surface area contributed by atoms with Crippen LogP contribution in [-0.2, 0) is 0 Å². The maximum absolute atomic E-state index is 3.66. The normalized spacial score (nSPS) is 14.7. The standard InChI is InChI=1S/C11H17N/c1-5-7-9-11(8-6-2)10(3)12-4/h5-10,12H,1-2H2,3-4H3/b9-7+,11-8+. The molecule has 0 amide bonds. The second kappa shape index (κ2) is 6.62. The lowest BCUT2D eigenvalue weighted by atomic mass is 10.1. The number of allylic oxidation sites excluding steroid dienone is 4. The van der Waals surface area contributed by atoms with Gasteiger partial charge in [0.25, 0.3) is 0 Å². The maximum Gasteiger partial charge on any atom is 0.0289 e. The van der Waals surface area contributed by atoms with Gasteiger partial charge in [-0.3, -0.25) is 0 Å². The fourth-order valence-corrected chi connectivity index (χ4v) is 0.826. The Labute approximate surface area is 75.2 Å². The highest BCUT2D eigenvalue weighted by Crippen LogP contribution is 2.03. The van der Waals surface area contributed by atoms with Gasteiger partial charge in [-0.15, -0.1) is 0 Å². The van der Waals surface area contributed by atoms with E-state index in [1.54, 1.807) is 12.2 Å². The van der Waals surface area contributed by atoms with Crippen molar-refractivity contribution in [2.45, 2.75) is 13.0 Å².